The van der Waals surface area contributed by atoms with Crippen LogP contribution in [0.15, 0.2) is 24.5 Å². The van der Waals surface area contributed by atoms with E-state index in [0.29, 0.717) is 11.9 Å². The number of imidazole rings is 1. The minimum absolute atomic E-state index is 0.310. The number of aromatic nitrogens is 2. The van der Waals surface area contributed by atoms with Gasteiger partial charge in [0, 0.05) is 11.6 Å². The average Bonchev–Trinajstić information content (AvgIpc) is 2.80. The van der Waals surface area contributed by atoms with Gasteiger partial charge in [0.1, 0.15) is 17.3 Å². The second-order valence-corrected chi connectivity index (χ2v) is 4.86. The first-order valence-electron chi connectivity index (χ1n) is 6.58. The average molecular weight is 259 g/mol. The zero-order valence-electron chi connectivity index (χ0n) is 12.0. The molecule has 0 aliphatic rings. The molecule has 0 aliphatic heterocycles. The standard InChI is InChI=1S/C15H21N3O/c1-5-11-8-12(6-7-13(11)19-4)14-15(16)18(9-17-14)10(2)3/h6-10H,5,16H2,1-4H3. The number of ether oxygens (including phenoxy) is 1. The van der Waals surface area contributed by atoms with Crippen LogP contribution in [0.5, 0.6) is 5.75 Å². The molecule has 0 atom stereocenters. The Bertz CT molecular complexity index is 573. The van der Waals surface area contributed by atoms with Crippen LogP contribution in [0, 0.1) is 0 Å². The van der Waals surface area contributed by atoms with Crippen LogP contribution in [0.1, 0.15) is 32.4 Å². The number of nitrogen functional groups attached to an aromatic ring is 1. The minimum atomic E-state index is 0.310. The zero-order chi connectivity index (χ0) is 14.0. The van der Waals surface area contributed by atoms with E-state index in [1.165, 1.54) is 5.56 Å². The fourth-order valence-electron chi connectivity index (χ4n) is 2.21. The van der Waals surface area contributed by atoms with Gasteiger partial charge in [-0.15, -0.1) is 0 Å². The summed E-state index contributed by atoms with van der Waals surface area (Å²) in [6.07, 6.45) is 2.72. The van der Waals surface area contributed by atoms with E-state index >= 15 is 0 Å². The molecule has 0 aliphatic carbocycles. The molecule has 2 aromatic rings. The van der Waals surface area contributed by atoms with Crippen molar-refractivity contribution in [2.75, 3.05) is 12.8 Å². The maximum absolute atomic E-state index is 6.17. The Morgan fingerprint density at radius 1 is 1.37 bits per heavy atom. The molecule has 0 bridgehead atoms. The predicted molar refractivity (Wildman–Crippen MR) is 78.4 cm³/mol. The second kappa shape index (κ2) is 5.34. The van der Waals surface area contributed by atoms with Crippen LogP contribution in [0.4, 0.5) is 5.82 Å². The van der Waals surface area contributed by atoms with E-state index in [1.54, 1.807) is 13.4 Å². The Morgan fingerprint density at radius 3 is 2.63 bits per heavy atom. The van der Waals surface area contributed by atoms with Gasteiger partial charge in [0.2, 0.25) is 0 Å². The van der Waals surface area contributed by atoms with Crippen molar-refractivity contribution in [3.8, 4) is 17.0 Å². The van der Waals surface area contributed by atoms with Crippen LogP contribution >= 0.6 is 0 Å². The number of benzene rings is 1. The largest absolute Gasteiger partial charge is 0.496 e. The number of hydrogen-bond acceptors (Lipinski definition) is 3. The third-order valence-corrected chi connectivity index (χ3v) is 3.32. The Labute approximate surface area is 114 Å². The number of hydrogen-bond donors (Lipinski definition) is 1. The van der Waals surface area contributed by atoms with Crippen molar-refractivity contribution in [2.45, 2.75) is 33.2 Å². The van der Waals surface area contributed by atoms with Gasteiger partial charge >= 0.3 is 0 Å². The predicted octanol–water partition coefficient (Wildman–Crippen LogP) is 3.28. The lowest BCUT2D eigenvalue weighted by molar-refractivity contribution is 0.410. The monoisotopic (exact) mass is 259 g/mol. The van der Waals surface area contributed by atoms with Gasteiger partial charge in [0.05, 0.1) is 13.4 Å². The molecule has 1 heterocycles. The van der Waals surface area contributed by atoms with Crippen LogP contribution in [0.25, 0.3) is 11.3 Å². The molecule has 0 amide bonds. The van der Waals surface area contributed by atoms with Crippen molar-refractivity contribution in [1.82, 2.24) is 9.55 Å². The molecular weight excluding hydrogens is 238 g/mol. The maximum atomic E-state index is 6.17. The van der Waals surface area contributed by atoms with Crippen LogP contribution in [0.2, 0.25) is 0 Å². The first-order valence-corrected chi connectivity index (χ1v) is 6.58. The molecule has 19 heavy (non-hydrogen) atoms. The van der Waals surface area contributed by atoms with Gasteiger partial charge in [-0.2, -0.15) is 0 Å². The number of rotatable bonds is 4. The summed E-state index contributed by atoms with van der Waals surface area (Å²) in [6, 6.07) is 6.39. The Kier molecular flexibility index (Phi) is 3.79. The summed E-state index contributed by atoms with van der Waals surface area (Å²) in [5, 5.41) is 0. The van der Waals surface area contributed by atoms with E-state index in [-0.39, 0.29) is 0 Å². The van der Waals surface area contributed by atoms with Gasteiger partial charge in [-0.25, -0.2) is 4.98 Å². The molecule has 0 spiro atoms. The van der Waals surface area contributed by atoms with Gasteiger partial charge in [-0.3, -0.25) is 0 Å². The summed E-state index contributed by atoms with van der Waals surface area (Å²) in [6.45, 7) is 6.29. The highest BCUT2D eigenvalue weighted by atomic mass is 16.5. The molecule has 4 nitrogen and oxygen atoms in total. The Hall–Kier alpha value is -1.97. The fourth-order valence-corrected chi connectivity index (χ4v) is 2.21. The summed E-state index contributed by atoms with van der Waals surface area (Å²) in [4.78, 5) is 4.44. The quantitative estimate of drug-likeness (QED) is 0.916. The van der Waals surface area contributed by atoms with Crippen molar-refractivity contribution < 1.29 is 4.74 Å². The molecule has 0 fully saturated rings. The zero-order valence-corrected chi connectivity index (χ0v) is 12.0. The van der Waals surface area contributed by atoms with Crippen molar-refractivity contribution in [2.24, 2.45) is 0 Å². The Morgan fingerprint density at radius 2 is 2.11 bits per heavy atom. The van der Waals surface area contributed by atoms with Gasteiger partial charge in [0.15, 0.2) is 0 Å². The van der Waals surface area contributed by atoms with E-state index in [0.717, 1.165) is 23.4 Å². The molecular formula is C15H21N3O. The second-order valence-electron chi connectivity index (χ2n) is 4.86. The Balaban J connectivity index is 2.47. The molecule has 4 heteroatoms. The summed E-state index contributed by atoms with van der Waals surface area (Å²) in [5.74, 6) is 1.62. The molecule has 0 saturated carbocycles. The lowest BCUT2D eigenvalue weighted by Crippen LogP contribution is -2.04. The molecule has 0 radical (unpaired) electrons. The lowest BCUT2D eigenvalue weighted by Gasteiger charge is -2.11. The molecule has 0 saturated heterocycles. The summed E-state index contributed by atoms with van der Waals surface area (Å²) in [7, 11) is 1.69. The number of nitrogens with two attached hydrogens (primary N) is 1. The molecule has 1 aromatic carbocycles. The number of aryl methyl sites for hydroxylation is 1. The van der Waals surface area contributed by atoms with Gasteiger partial charge < -0.3 is 15.0 Å². The van der Waals surface area contributed by atoms with Crippen molar-refractivity contribution >= 4 is 5.82 Å². The molecule has 0 unspecified atom stereocenters. The number of nitrogens with zero attached hydrogens (tertiary/aromatic N) is 2. The third kappa shape index (κ3) is 2.43. The van der Waals surface area contributed by atoms with Crippen molar-refractivity contribution in [1.29, 1.82) is 0 Å². The first kappa shape index (κ1) is 13.5. The highest BCUT2D eigenvalue weighted by Crippen LogP contribution is 2.30. The van der Waals surface area contributed by atoms with E-state index in [1.807, 2.05) is 16.7 Å². The van der Waals surface area contributed by atoms with Crippen molar-refractivity contribution in [3.63, 3.8) is 0 Å². The normalized spacial score (nSPS) is 11.0. The number of anilines is 1. The van der Waals surface area contributed by atoms with E-state index in [4.69, 9.17) is 10.5 Å². The van der Waals surface area contributed by atoms with Gasteiger partial charge in [0.25, 0.3) is 0 Å². The minimum Gasteiger partial charge on any atom is -0.496 e. The highest BCUT2D eigenvalue weighted by molar-refractivity contribution is 5.72. The number of methoxy groups -OCH3 is 1. The van der Waals surface area contributed by atoms with Gasteiger partial charge in [-0.1, -0.05) is 6.92 Å². The van der Waals surface area contributed by atoms with Crippen LogP contribution in [-0.2, 0) is 6.42 Å². The van der Waals surface area contributed by atoms with Gasteiger partial charge in [-0.05, 0) is 44.0 Å². The molecule has 2 rings (SSSR count). The topological polar surface area (TPSA) is 53.1 Å². The third-order valence-electron chi connectivity index (χ3n) is 3.32. The SMILES string of the molecule is CCc1cc(-c2ncn(C(C)C)c2N)ccc1OC. The van der Waals surface area contributed by atoms with E-state index < -0.39 is 0 Å². The first-order chi connectivity index (χ1) is 9.08. The van der Waals surface area contributed by atoms with Crippen LogP contribution in [0.3, 0.4) is 0 Å². The highest BCUT2D eigenvalue weighted by Gasteiger charge is 2.13. The fraction of sp³-hybridized carbons (Fsp3) is 0.400. The van der Waals surface area contributed by atoms with E-state index in [9.17, 15) is 0 Å². The van der Waals surface area contributed by atoms with Crippen LogP contribution in [-0.4, -0.2) is 16.7 Å². The maximum Gasteiger partial charge on any atom is 0.131 e. The smallest absolute Gasteiger partial charge is 0.131 e. The summed E-state index contributed by atoms with van der Waals surface area (Å²) < 4.78 is 7.32. The molecule has 1 aromatic heterocycles. The van der Waals surface area contributed by atoms with E-state index in [2.05, 4.69) is 31.8 Å². The van der Waals surface area contributed by atoms with Crippen molar-refractivity contribution in [3.05, 3.63) is 30.1 Å². The molecule has 102 valence electrons. The van der Waals surface area contributed by atoms with Crippen LogP contribution < -0.4 is 10.5 Å². The lowest BCUT2D eigenvalue weighted by atomic mass is 10.1. The summed E-state index contributed by atoms with van der Waals surface area (Å²) in [5.41, 5.74) is 9.21. The molecule has 2 N–H and O–H groups in total. The summed E-state index contributed by atoms with van der Waals surface area (Å²) >= 11 is 0.